The van der Waals surface area contributed by atoms with Gasteiger partial charge >= 0.3 is 12.2 Å². The zero-order valence-electron chi connectivity index (χ0n) is 13.7. The van der Waals surface area contributed by atoms with E-state index >= 15 is 0 Å². The summed E-state index contributed by atoms with van der Waals surface area (Å²) in [6, 6.07) is 0.00248. The van der Waals surface area contributed by atoms with Crippen LogP contribution in [0.1, 0.15) is 18.4 Å². The van der Waals surface area contributed by atoms with Gasteiger partial charge in [0.25, 0.3) is 0 Å². The maximum atomic E-state index is 12.6. The number of piperazine rings is 1. The van der Waals surface area contributed by atoms with Crippen LogP contribution in [0.25, 0.3) is 0 Å². The first kappa shape index (κ1) is 17.7. The van der Waals surface area contributed by atoms with Crippen LogP contribution in [0.15, 0.2) is 12.4 Å². The van der Waals surface area contributed by atoms with Crippen molar-refractivity contribution in [2.75, 3.05) is 44.2 Å². The maximum absolute atomic E-state index is 12.6. The molecular weight excluding hydrogens is 337 g/mol. The number of aromatic nitrogens is 2. The van der Waals surface area contributed by atoms with Crippen molar-refractivity contribution in [3.05, 3.63) is 18.0 Å². The predicted molar refractivity (Wildman–Crippen MR) is 85.0 cm³/mol. The Labute approximate surface area is 143 Å². The molecule has 0 unspecified atom stereocenters. The van der Waals surface area contributed by atoms with Crippen molar-refractivity contribution in [1.82, 2.24) is 19.8 Å². The maximum Gasteiger partial charge on any atom is 0.419 e. The Hall–Kier alpha value is -2.10. The number of hydrogen-bond acceptors (Lipinski definition) is 5. The number of carbonyl (C=O) groups excluding carboxylic acids is 1. The molecule has 2 amide bonds. The van der Waals surface area contributed by atoms with Crippen molar-refractivity contribution < 1.29 is 18.0 Å². The fourth-order valence-corrected chi connectivity index (χ4v) is 3.11. The normalized spacial score (nSPS) is 22.2. The summed E-state index contributed by atoms with van der Waals surface area (Å²) in [5.74, 6) is 0.250. The van der Waals surface area contributed by atoms with Gasteiger partial charge in [-0.15, -0.1) is 0 Å². The van der Waals surface area contributed by atoms with Crippen LogP contribution >= 0.6 is 0 Å². The van der Waals surface area contributed by atoms with Crippen molar-refractivity contribution in [3.8, 4) is 0 Å². The Bertz CT molecular complexity index is 600. The van der Waals surface area contributed by atoms with E-state index in [1.165, 1.54) is 0 Å². The Kier molecular flexibility index (Phi) is 4.98. The summed E-state index contributed by atoms with van der Waals surface area (Å²) in [4.78, 5) is 25.4. The van der Waals surface area contributed by atoms with Crippen molar-refractivity contribution in [2.45, 2.75) is 25.1 Å². The second kappa shape index (κ2) is 7.03. The van der Waals surface area contributed by atoms with E-state index in [0.29, 0.717) is 32.7 Å². The summed E-state index contributed by atoms with van der Waals surface area (Å²) in [5, 5.41) is 0. The van der Waals surface area contributed by atoms with Gasteiger partial charge in [0.2, 0.25) is 5.95 Å². The van der Waals surface area contributed by atoms with Gasteiger partial charge in [0.05, 0.1) is 5.56 Å². The standard InChI is InChI=1S/C15H21F3N6O/c16-15(17,18)11-8-20-13(21-9-11)22-4-6-23(7-5-22)14(25)24-3-1-2-12(19)10-24/h8-9,12H,1-7,10,19H2/t12-/m1/s1. The molecule has 138 valence electrons. The third kappa shape index (κ3) is 4.12. The summed E-state index contributed by atoms with van der Waals surface area (Å²) >= 11 is 0. The molecule has 1 atom stereocenters. The first-order valence-electron chi connectivity index (χ1n) is 8.28. The molecule has 0 spiro atoms. The quantitative estimate of drug-likeness (QED) is 0.815. The fraction of sp³-hybridized carbons (Fsp3) is 0.667. The zero-order chi connectivity index (χ0) is 18.0. The van der Waals surface area contributed by atoms with Crippen molar-refractivity contribution in [3.63, 3.8) is 0 Å². The number of alkyl halides is 3. The van der Waals surface area contributed by atoms with Crippen LogP contribution in [0.3, 0.4) is 0 Å². The van der Waals surface area contributed by atoms with Crippen molar-refractivity contribution in [2.24, 2.45) is 5.73 Å². The summed E-state index contributed by atoms with van der Waals surface area (Å²) in [6.07, 6.45) is -1.03. The highest BCUT2D eigenvalue weighted by atomic mass is 19.4. The highest BCUT2D eigenvalue weighted by Crippen LogP contribution is 2.28. The molecule has 2 saturated heterocycles. The second-order valence-electron chi connectivity index (χ2n) is 6.37. The molecule has 2 aliphatic heterocycles. The lowest BCUT2D eigenvalue weighted by Gasteiger charge is -2.39. The SMILES string of the molecule is N[C@@H]1CCCN(C(=O)N2CCN(c3ncc(C(F)(F)F)cn3)CC2)C1. The van der Waals surface area contributed by atoms with Crippen LogP contribution in [0, 0.1) is 0 Å². The van der Waals surface area contributed by atoms with Gasteiger partial charge in [-0.1, -0.05) is 0 Å². The van der Waals surface area contributed by atoms with Crippen LogP contribution < -0.4 is 10.6 Å². The summed E-state index contributed by atoms with van der Waals surface area (Å²) in [6.45, 7) is 3.22. The highest BCUT2D eigenvalue weighted by molar-refractivity contribution is 5.75. The van der Waals surface area contributed by atoms with E-state index in [0.717, 1.165) is 31.8 Å². The first-order chi connectivity index (χ1) is 11.8. The van der Waals surface area contributed by atoms with Gasteiger partial charge in [-0.25, -0.2) is 14.8 Å². The number of hydrogen-bond donors (Lipinski definition) is 1. The van der Waals surface area contributed by atoms with Gasteiger partial charge in [-0.3, -0.25) is 0 Å². The van der Waals surface area contributed by atoms with E-state index in [2.05, 4.69) is 9.97 Å². The van der Waals surface area contributed by atoms with Gasteiger partial charge < -0.3 is 20.4 Å². The monoisotopic (exact) mass is 358 g/mol. The van der Waals surface area contributed by atoms with Crippen LogP contribution in [0.4, 0.5) is 23.9 Å². The average molecular weight is 358 g/mol. The largest absolute Gasteiger partial charge is 0.419 e. The lowest BCUT2D eigenvalue weighted by Crippen LogP contribution is -2.56. The molecule has 2 aliphatic rings. The molecule has 0 radical (unpaired) electrons. The summed E-state index contributed by atoms with van der Waals surface area (Å²) in [7, 11) is 0. The van der Waals surface area contributed by atoms with E-state index < -0.39 is 11.7 Å². The molecule has 25 heavy (non-hydrogen) atoms. The van der Waals surface area contributed by atoms with E-state index in [-0.39, 0.29) is 18.0 Å². The van der Waals surface area contributed by atoms with Gasteiger partial charge in [0, 0.05) is 57.7 Å². The van der Waals surface area contributed by atoms with E-state index in [9.17, 15) is 18.0 Å². The van der Waals surface area contributed by atoms with Crippen molar-refractivity contribution >= 4 is 12.0 Å². The first-order valence-corrected chi connectivity index (χ1v) is 8.28. The van der Waals surface area contributed by atoms with Gasteiger partial charge in [-0.05, 0) is 12.8 Å². The molecule has 0 aromatic carbocycles. The van der Waals surface area contributed by atoms with Crippen LogP contribution in [0.5, 0.6) is 0 Å². The van der Waals surface area contributed by atoms with Gasteiger partial charge in [0.1, 0.15) is 0 Å². The number of halogens is 3. The van der Waals surface area contributed by atoms with Crippen LogP contribution in [0.2, 0.25) is 0 Å². The smallest absolute Gasteiger partial charge is 0.337 e. The zero-order valence-corrected chi connectivity index (χ0v) is 13.7. The predicted octanol–water partition coefficient (Wildman–Crippen LogP) is 1.16. The number of urea groups is 1. The number of rotatable bonds is 1. The van der Waals surface area contributed by atoms with E-state index in [1.807, 2.05) is 0 Å². The molecule has 1 aromatic heterocycles. The molecule has 0 saturated carbocycles. The third-order valence-electron chi connectivity index (χ3n) is 4.53. The molecule has 3 rings (SSSR count). The summed E-state index contributed by atoms with van der Waals surface area (Å²) < 4.78 is 37.7. The lowest BCUT2D eigenvalue weighted by atomic mass is 10.1. The minimum atomic E-state index is -4.45. The molecular formula is C15H21F3N6O. The Balaban J connectivity index is 1.55. The number of nitrogens with zero attached hydrogens (tertiary/aromatic N) is 5. The Morgan fingerprint density at radius 3 is 2.28 bits per heavy atom. The fourth-order valence-electron chi connectivity index (χ4n) is 3.11. The second-order valence-corrected chi connectivity index (χ2v) is 6.37. The number of nitrogens with two attached hydrogens (primary N) is 1. The number of piperidine rings is 1. The molecule has 10 heteroatoms. The van der Waals surface area contributed by atoms with E-state index in [4.69, 9.17) is 5.73 Å². The van der Waals surface area contributed by atoms with Gasteiger partial charge in [0.15, 0.2) is 0 Å². The molecule has 2 N–H and O–H groups in total. The lowest BCUT2D eigenvalue weighted by molar-refractivity contribution is -0.138. The number of amides is 2. The molecule has 2 fully saturated rings. The molecule has 3 heterocycles. The minimum absolute atomic E-state index is 0.0249. The third-order valence-corrected chi connectivity index (χ3v) is 4.53. The summed E-state index contributed by atoms with van der Waals surface area (Å²) in [5.41, 5.74) is 5.05. The van der Waals surface area contributed by atoms with Crippen molar-refractivity contribution in [1.29, 1.82) is 0 Å². The molecule has 0 bridgehead atoms. The highest BCUT2D eigenvalue weighted by Gasteiger charge is 2.32. The van der Waals surface area contributed by atoms with Gasteiger partial charge in [-0.2, -0.15) is 13.2 Å². The van der Waals surface area contributed by atoms with E-state index in [1.54, 1.807) is 14.7 Å². The Morgan fingerprint density at radius 1 is 1.08 bits per heavy atom. The molecule has 1 aromatic rings. The van der Waals surface area contributed by atoms with Crippen LogP contribution in [-0.4, -0.2) is 71.1 Å². The average Bonchev–Trinajstić information content (AvgIpc) is 2.61. The number of likely N-dealkylation sites (tertiary alicyclic amines) is 1. The Morgan fingerprint density at radius 2 is 1.72 bits per heavy atom. The topological polar surface area (TPSA) is 78.6 Å². The minimum Gasteiger partial charge on any atom is -0.337 e. The van der Waals surface area contributed by atoms with Crippen LogP contribution in [-0.2, 0) is 6.18 Å². The number of carbonyl (C=O) groups is 1. The molecule has 7 nitrogen and oxygen atoms in total. The molecule has 0 aliphatic carbocycles. The number of anilines is 1.